The van der Waals surface area contributed by atoms with Crippen molar-refractivity contribution in [2.45, 2.75) is 0 Å². The molecular formula is C33H22BrN3. The van der Waals surface area contributed by atoms with Crippen molar-refractivity contribution in [2.75, 3.05) is 0 Å². The lowest BCUT2D eigenvalue weighted by molar-refractivity contribution is 1.07. The maximum atomic E-state index is 4.89. The minimum absolute atomic E-state index is 0.651. The van der Waals surface area contributed by atoms with Crippen LogP contribution in [0.4, 0.5) is 0 Å². The molecule has 0 aliphatic heterocycles. The van der Waals surface area contributed by atoms with Gasteiger partial charge < -0.3 is 0 Å². The van der Waals surface area contributed by atoms with Crippen LogP contribution in [0.2, 0.25) is 0 Å². The molecular weight excluding hydrogens is 518 g/mol. The van der Waals surface area contributed by atoms with E-state index in [0.717, 1.165) is 37.9 Å². The van der Waals surface area contributed by atoms with Gasteiger partial charge in [-0.05, 0) is 34.4 Å². The Bertz CT molecular complexity index is 1630. The van der Waals surface area contributed by atoms with Gasteiger partial charge in [0.1, 0.15) is 0 Å². The average Bonchev–Trinajstić information content (AvgIpc) is 2.98. The van der Waals surface area contributed by atoms with Gasteiger partial charge in [-0.1, -0.05) is 137 Å². The van der Waals surface area contributed by atoms with Gasteiger partial charge in [-0.3, -0.25) is 0 Å². The van der Waals surface area contributed by atoms with E-state index < -0.39 is 0 Å². The third-order valence-corrected chi connectivity index (χ3v) is 6.77. The first-order valence-corrected chi connectivity index (χ1v) is 12.9. The van der Waals surface area contributed by atoms with Gasteiger partial charge in [0.2, 0.25) is 0 Å². The molecule has 0 atom stereocenters. The van der Waals surface area contributed by atoms with Gasteiger partial charge in [-0.2, -0.15) is 0 Å². The number of hydrogen-bond donors (Lipinski definition) is 0. The minimum atomic E-state index is 0.651. The molecule has 0 fully saturated rings. The maximum absolute atomic E-state index is 4.89. The summed E-state index contributed by atoms with van der Waals surface area (Å²) < 4.78 is 1.07. The Kier molecular flexibility index (Phi) is 6.40. The Hall–Kier alpha value is -4.41. The van der Waals surface area contributed by atoms with Crippen molar-refractivity contribution in [3.8, 4) is 56.4 Å². The second-order valence-electron chi connectivity index (χ2n) is 8.70. The average molecular weight is 540 g/mol. The molecule has 0 radical (unpaired) electrons. The van der Waals surface area contributed by atoms with Crippen molar-refractivity contribution in [1.82, 2.24) is 15.0 Å². The summed E-state index contributed by atoms with van der Waals surface area (Å²) in [4.78, 5) is 14.6. The van der Waals surface area contributed by atoms with Gasteiger partial charge in [0.05, 0.1) is 0 Å². The van der Waals surface area contributed by atoms with Crippen LogP contribution in [0.25, 0.3) is 56.4 Å². The van der Waals surface area contributed by atoms with E-state index in [1.165, 1.54) is 5.56 Å². The highest BCUT2D eigenvalue weighted by atomic mass is 79.9. The van der Waals surface area contributed by atoms with Gasteiger partial charge in [0.15, 0.2) is 17.5 Å². The maximum Gasteiger partial charge on any atom is 0.164 e. The largest absolute Gasteiger partial charge is 0.208 e. The highest BCUT2D eigenvalue weighted by molar-refractivity contribution is 9.10. The zero-order valence-electron chi connectivity index (χ0n) is 19.9. The fourth-order valence-electron chi connectivity index (χ4n) is 4.25. The van der Waals surface area contributed by atoms with E-state index in [0.29, 0.717) is 17.5 Å². The Labute approximate surface area is 224 Å². The summed E-state index contributed by atoms with van der Waals surface area (Å²) in [6.07, 6.45) is 0. The Morgan fingerprint density at radius 3 is 0.973 bits per heavy atom. The SMILES string of the molecule is Brc1ccc(-c2ccc(-c3nc(-c4ccccc4)nc(-c4ccc(-c5ccccc5)cc4)n3)cc2)cc1. The van der Waals surface area contributed by atoms with Crippen molar-refractivity contribution in [2.24, 2.45) is 0 Å². The van der Waals surface area contributed by atoms with Gasteiger partial charge in [0, 0.05) is 21.2 Å². The van der Waals surface area contributed by atoms with Crippen LogP contribution in [-0.2, 0) is 0 Å². The van der Waals surface area contributed by atoms with Crippen molar-refractivity contribution < 1.29 is 0 Å². The molecule has 5 aromatic carbocycles. The van der Waals surface area contributed by atoms with E-state index in [2.05, 4.69) is 113 Å². The van der Waals surface area contributed by atoms with Crippen LogP contribution in [0, 0.1) is 0 Å². The number of halogens is 1. The summed E-state index contributed by atoms with van der Waals surface area (Å²) in [5, 5.41) is 0. The van der Waals surface area contributed by atoms with Gasteiger partial charge in [-0.15, -0.1) is 0 Å². The molecule has 37 heavy (non-hydrogen) atoms. The summed E-state index contributed by atoms with van der Waals surface area (Å²) in [6, 6.07) is 45.5. The predicted molar refractivity (Wildman–Crippen MR) is 155 cm³/mol. The number of nitrogens with zero attached hydrogens (tertiary/aromatic N) is 3. The van der Waals surface area contributed by atoms with Crippen LogP contribution in [0.3, 0.4) is 0 Å². The first-order valence-electron chi connectivity index (χ1n) is 12.1. The fraction of sp³-hybridized carbons (Fsp3) is 0. The molecule has 4 heteroatoms. The molecule has 0 aliphatic rings. The third-order valence-electron chi connectivity index (χ3n) is 6.24. The lowest BCUT2D eigenvalue weighted by atomic mass is 10.0. The van der Waals surface area contributed by atoms with Crippen LogP contribution in [0.15, 0.2) is 138 Å². The summed E-state index contributed by atoms with van der Waals surface area (Å²) >= 11 is 3.51. The molecule has 0 N–H and O–H groups in total. The van der Waals surface area contributed by atoms with E-state index in [4.69, 9.17) is 15.0 Å². The Morgan fingerprint density at radius 1 is 0.297 bits per heavy atom. The molecule has 176 valence electrons. The quantitative estimate of drug-likeness (QED) is 0.219. The van der Waals surface area contributed by atoms with E-state index in [1.807, 2.05) is 36.4 Å². The molecule has 0 saturated heterocycles. The summed E-state index contributed by atoms with van der Waals surface area (Å²) in [5.41, 5.74) is 7.50. The molecule has 0 aliphatic carbocycles. The lowest BCUT2D eigenvalue weighted by Gasteiger charge is -2.10. The minimum Gasteiger partial charge on any atom is -0.208 e. The van der Waals surface area contributed by atoms with Crippen LogP contribution in [0.1, 0.15) is 0 Å². The molecule has 0 saturated carbocycles. The first kappa shape index (κ1) is 23.0. The smallest absolute Gasteiger partial charge is 0.164 e. The molecule has 1 aromatic heterocycles. The van der Waals surface area contributed by atoms with Crippen molar-refractivity contribution >= 4 is 15.9 Å². The van der Waals surface area contributed by atoms with Gasteiger partial charge >= 0.3 is 0 Å². The highest BCUT2D eigenvalue weighted by Crippen LogP contribution is 2.29. The fourth-order valence-corrected chi connectivity index (χ4v) is 4.51. The van der Waals surface area contributed by atoms with Crippen molar-refractivity contribution in [3.63, 3.8) is 0 Å². The second kappa shape index (κ2) is 10.3. The summed E-state index contributed by atoms with van der Waals surface area (Å²) in [5.74, 6) is 1.96. The van der Waals surface area contributed by atoms with E-state index >= 15 is 0 Å². The second-order valence-corrected chi connectivity index (χ2v) is 9.62. The van der Waals surface area contributed by atoms with Crippen molar-refractivity contribution in [3.05, 3.63) is 138 Å². The molecule has 6 rings (SSSR count). The molecule has 0 amide bonds. The normalized spacial score (nSPS) is 10.8. The van der Waals surface area contributed by atoms with Gasteiger partial charge in [0.25, 0.3) is 0 Å². The number of hydrogen-bond acceptors (Lipinski definition) is 3. The molecule has 0 spiro atoms. The molecule has 0 unspecified atom stereocenters. The summed E-state index contributed by atoms with van der Waals surface area (Å²) in [6.45, 7) is 0. The van der Waals surface area contributed by atoms with E-state index in [-0.39, 0.29) is 0 Å². The number of aromatic nitrogens is 3. The lowest BCUT2D eigenvalue weighted by Crippen LogP contribution is -2.00. The van der Waals surface area contributed by atoms with Crippen LogP contribution >= 0.6 is 15.9 Å². The standard InChI is InChI=1S/C33H22BrN3/c34-30-21-19-26(20-22-30)25-13-17-29(18-14-25)33-36-31(27-9-5-2-6-10-27)35-32(37-33)28-15-11-24(12-16-28)23-7-3-1-4-8-23/h1-22H. The molecule has 0 bridgehead atoms. The highest BCUT2D eigenvalue weighted by Gasteiger charge is 2.12. The third kappa shape index (κ3) is 5.11. The van der Waals surface area contributed by atoms with Crippen LogP contribution in [-0.4, -0.2) is 15.0 Å². The van der Waals surface area contributed by atoms with Crippen molar-refractivity contribution in [1.29, 1.82) is 0 Å². The molecule has 6 aromatic rings. The Morgan fingerprint density at radius 2 is 0.568 bits per heavy atom. The number of benzene rings is 5. The topological polar surface area (TPSA) is 38.7 Å². The summed E-state index contributed by atoms with van der Waals surface area (Å²) in [7, 11) is 0. The number of rotatable bonds is 5. The first-order chi connectivity index (χ1) is 18.2. The predicted octanol–water partition coefficient (Wildman–Crippen LogP) is 8.97. The molecule has 1 heterocycles. The van der Waals surface area contributed by atoms with E-state index in [1.54, 1.807) is 0 Å². The zero-order valence-corrected chi connectivity index (χ0v) is 21.5. The monoisotopic (exact) mass is 539 g/mol. The van der Waals surface area contributed by atoms with E-state index in [9.17, 15) is 0 Å². The van der Waals surface area contributed by atoms with Crippen LogP contribution < -0.4 is 0 Å². The molecule has 3 nitrogen and oxygen atoms in total. The zero-order chi connectivity index (χ0) is 25.0. The Balaban J connectivity index is 1.40. The van der Waals surface area contributed by atoms with Crippen LogP contribution in [0.5, 0.6) is 0 Å². The van der Waals surface area contributed by atoms with Gasteiger partial charge in [-0.25, -0.2) is 15.0 Å².